The Morgan fingerprint density at radius 1 is 1.33 bits per heavy atom. The number of nitrogens with two attached hydrogens (primary N) is 1. The van der Waals surface area contributed by atoms with Crippen LogP contribution in [0.2, 0.25) is 5.02 Å². The molecule has 0 aliphatic rings. The number of aromatic nitrogens is 1. The summed E-state index contributed by atoms with van der Waals surface area (Å²) in [6.07, 6.45) is 2.19. The molecule has 1 aromatic heterocycles. The summed E-state index contributed by atoms with van der Waals surface area (Å²) in [4.78, 5) is 4.05. The molecule has 112 valence electrons. The third-order valence-corrected chi connectivity index (χ3v) is 4.67. The molecule has 2 rings (SSSR count). The van der Waals surface area contributed by atoms with E-state index in [4.69, 9.17) is 17.3 Å². The summed E-state index contributed by atoms with van der Waals surface area (Å²) in [6, 6.07) is 9.54. The van der Waals surface area contributed by atoms with E-state index in [1.165, 1.54) is 12.3 Å². The summed E-state index contributed by atoms with van der Waals surface area (Å²) in [7, 11) is -3.75. The van der Waals surface area contributed by atoms with Gasteiger partial charge in [0.25, 0.3) is 10.0 Å². The first-order chi connectivity index (χ1) is 9.94. The number of sulfonamides is 1. The van der Waals surface area contributed by atoms with Crippen LogP contribution in [0.25, 0.3) is 0 Å². The fourth-order valence-electron chi connectivity index (χ4n) is 1.80. The first-order valence-electron chi connectivity index (χ1n) is 6.43. The molecule has 7 heteroatoms. The van der Waals surface area contributed by atoms with Gasteiger partial charge in [-0.3, -0.25) is 4.72 Å². The molecule has 0 fully saturated rings. The largest absolute Gasteiger partial charge is 0.324 e. The predicted molar refractivity (Wildman–Crippen MR) is 83.7 cm³/mol. The number of nitrogens with zero attached hydrogens (tertiary/aromatic N) is 1. The molecular formula is C14H16ClN3O2S. The predicted octanol–water partition coefficient (Wildman–Crippen LogP) is 2.95. The molecule has 0 spiro atoms. The minimum Gasteiger partial charge on any atom is -0.324 e. The molecule has 1 unspecified atom stereocenters. The van der Waals surface area contributed by atoms with Crippen LogP contribution in [0.5, 0.6) is 0 Å². The van der Waals surface area contributed by atoms with Crippen LogP contribution in [0.4, 0.5) is 5.82 Å². The van der Waals surface area contributed by atoms with Gasteiger partial charge in [0.1, 0.15) is 0 Å². The number of nitrogens with one attached hydrogen (secondary N) is 1. The molecule has 3 N–H and O–H groups in total. The molecule has 1 heterocycles. The van der Waals surface area contributed by atoms with Crippen molar-refractivity contribution in [3.8, 4) is 0 Å². The number of rotatable bonds is 5. The molecule has 0 amide bonds. The average molecular weight is 326 g/mol. The topological polar surface area (TPSA) is 85.1 Å². The summed E-state index contributed by atoms with van der Waals surface area (Å²) in [5.41, 5.74) is 6.71. The van der Waals surface area contributed by atoms with Gasteiger partial charge >= 0.3 is 0 Å². The van der Waals surface area contributed by atoms with Crippen molar-refractivity contribution in [1.29, 1.82) is 0 Å². The summed E-state index contributed by atoms with van der Waals surface area (Å²) in [5, 5.41) is 0.238. The van der Waals surface area contributed by atoms with Gasteiger partial charge in [0.2, 0.25) is 0 Å². The Morgan fingerprint density at radius 3 is 2.76 bits per heavy atom. The van der Waals surface area contributed by atoms with Crippen molar-refractivity contribution in [2.45, 2.75) is 24.3 Å². The third-order valence-electron chi connectivity index (χ3n) is 3.03. The first kappa shape index (κ1) is 15.8. The highest BCUT2D eigenvalue weighted by atomic mass is 35.5. The molecule has 21 heavy (non-hydrogen) atoms. The van der Waals surface area contributed by atoms with Crippen LogP contribution in [0, 0.1) is 0 Å². The Kier molecular flexibility index (Phi) is 4.82. The average Bonchev–Trinajstić information content (AvgIpc) is 2.49. The highest BCUT2D eigenvalue weighted by molar-refractivity contribution is 7.92. The van der Waals surface area contributed by atoms with E-state index in [2.05, 4.69) is 9.71 Å². The fourth-order valence-corrected chi connectivity index (χ4v) is 3.10. The van der Waals surface area contributed by atoms with Crippen molar-refractivity contribution in [1.82, 2.24) is 4.98 Å². The van der Waals surface area contributed by atoms with Crippen LogP contribution in [0.3, 0.4) is 0 Å². The zero-order valence-corrected chi connectivity index (χ0v) is 13.0. The molecule has 0 saturated carbocycles. The Hall–Kier alpha value is -1.63. The van der Waals surface area contributed by atoms with Gasteiger partial charge in [0.15, 0.2) is 5.82 Å². The van der Waals surface area contributed by atoms with Crippen molar-refractivity contribution < 1.29 is 8.42 Å². The van der Waals surface area contributed by atoms with E-state index in [9.17, 15) is 8.42 Å². The van der Waals surface area contributed by atoms with E-state index in [0.29, 0.717) is 0 Å². The monoisotopic (exact) mass is 325 g/mol. The highest BCUT2D eigenvalue weighted by Gasteiger charge is 2.17. The molecular weight excluding hydrogens is 310 g/mol. The Bertz CT molecular complexity index is 735. The fraction of sp³-hybridized carbons (Fsp3) is 0.214. The minimum atomic E-state index is -3.75. The van der Waals surface area contributed by atoms with Crippen LogP contribution >= 0.6 is 11.6 Å². The van der Waals surface area contributed by atoms with Crippen molar-refractivity contribution in [2.75, 3.05) is 4.72 Å². The smallest absolute Gasteiger partial charge is 0.263 e. The van der Waals surface area contributed by atoms with Gasteiger partial charge in [0.05, 0.1) is 9.92 Å². The molecule has 5 nitrogen and oxygen atoms in total. The zero-order valence-electron chi connectivity index (χ0n) is 11.5. The number of anilines is 1. The highest BCUT2D eigenvalue weighted by Crippen LogP contribution is 2.23. The van der Waals surface area contributed by atoms with Gasteiger partial charge in [-0.05, 0) is 36.2 Å². The number of hydrogen-bond donors (Lipinski definition) is 2. The van der Waals surface area contributed by atoms with Gasteiger partial charge in [-0.15, -0.1) is 0 Å². The first-order valence-corrected chi connectivity index (χ1v) is 8.29. The van der Waals surface area contributed by atoms with Gasteiger partial charge in [0, 0.05) is 12.2 Å². The van der Waals surface area contributed by atoms with Crippen LogP contribution < -0.4 is 10.5 Å². The van der Waals surface area contributed by atoms with Gasteiger partial charge < -0.3 is 5.73 Å². The van der Waals surface area contributed by atoms with E-state index >= 15 is 0 Å². The second-order valence-electron chi connectivity index (χ2n) is 4.53. The Balaban J connectivity index is 2.34. The van der Waals surface area contributed by atoms with E-state index in [-0.39, 0.29) is 21.8 Å². The van der Waals surface area contributed by atoms with E-state index in [0.717, 1.165) is 12.0 Å². The molecule has 1 atom stereocenters. The maximum atomic E-state index is 12.4. The van der Waals surface area contributed by atoms with Crippen LogP contribution in [0.1, 0.15) is 24.9 Å². The second kappa shape index (κ2) is 6.43. The standard InChI is InChI=1S/C14H16ClN3O2S/c1-2-13(16)10-5-3-6-11(9-10)21(19,20)18-14-12(15)7-4-8-17-14/h3-9,13H,2,16H2,1H3,(H,17,18). The van der Waals surface area contributed by atoms with E-state index < -0.39 is 10.0 Å². The summed E-state index contributed by atoms with van der Waals surface area (Å²) in [5.74, 6) is 0.101. The minimum absolute atomic E-state index is 0.101. The van der Waals surface area contributed by atoms with Gasteiger partial charge in [-0.1, -0.05) is 30.7 Å². The molecule has 2 aromatic rings. The number of halogens is 1. The maximum Gasteiger partial charge on any atom is 0.263 e. The SMILES string of the molecule is CCC(N)c1cccc(S(=O)(=O)Nc2ncccc2Cl)c1. The molecule has 0 aliphatic heterocycles. The summed E-state index contributed by atoms with van der Waals surface area (Å²) >= 11 is 5.91. The maximum absolute atomic E-state index is 12.4. The van der Waals surface area contributed by atoms with Gasteiger partial charge in [-0.25, -0.2) is 13.4 Å². The van der Waals surface area contributed by atoms with Crippen LogP contribution in [0.15, 0.2) is 47.5 Å². The van der Waals surface area contributed by atoms with Gasteiger partial charge in [-0.2, -0.15) is 0 Å². The van der Waals surface area contributed by atoms with E-state index in [1.807, 2.05) is 6.92 Å². The van der Waals surface area contributed by atoms with Crippen molar-refractivity contribution >= 4 is 27.4 Å². The van der Waals surface area contributed by atoms with E-state index in [1.54, 1.807) is 30.3 Å². The molecule has 0 saturated heterocycles. The normalized spacial score (nSPS) is 12.9. The molecule has 0 radical (unpaired) electrons. The van der Waals surface area contributed by atoms with Crippen molar-refractivity contribution in [3.05, 3.63) is 53.2 Å². The lowest BCUT2D eigenvalue weighted by molar-refractivity contribution is 0.600. The molecule has 0 bridgehead atoms. The Morgan fingerprint density at radius 2 is 2.10 bits per heavy atom. The number of hydrogen-bond acceptors (Lipinski definition) is 4. The Labute approximate surface area is 129 Å². The molecule has 1 aromatic carbocycles. The number of pyridine rings is 1. The van der Waals surface area contributed by atoms with Crippen LogP contribution in [-0.4, -0.2) is 13.4 Å². The lowest BCUT2D eigenvalue weighted by Crippen LogP contribution is -2.15. The second-order valence-corrected chi connectivity index (χ2v) is 6.62. The van der Waals surface area contributed by atoms with Crippen molar-refractivity contribution in [2.24, 2.45) is 5.73 Å². The summed E-state index contributed by atoms with van der Waals surface area (Å²) in [6.45, 7) is 1.94. The lowest BCUT2D eigenvalue weighted by Gasteiger charge is -2.12. The number of benzene rings is 1. The molecule has 0 aliphatic carbocycles. The van der Waals surface area contributed by atoms with Crippen molar-refractivity contribution in [3.63, 3.8) is 0 Å². The lowest BCUT2D eigenvalue weighted by atomic mass is 10.1. The summed E-state index contributed by atoms with van der Waals surface area (Å²) < 4.78 is 27.1. The van der Waals surface area contributed by atoms with Crippen LogP contribution in [-0.2, 0) is 10.0 Å². The quantitative estimate of drug-likeness (QED) is 0.885. The zero-order chi connectivity index (χ0) is 15.5. The third kappa shape index (κ3) is 3.72.